The normalized spacial score (nSPS) is 11.6. The first-order chi connectivity index (χ1) is 11.4. The number of pyridine rings is 1. The van der Waals surface area contributed by atoms with Gasteiger partial charge in [0.25, 0.3) is 0 Å². The van der Waals surface area contributed by atoms with Crippen molar-refractivity contribution in [2.75, 3.05) is 11.9 Å². The molecule has 0 saturated carbocycles. The van der Waals surface area contributed by atoms with E-state index in [-0.39, 0.29) is 10.8 Å². The van der Waals surface area contributed by atoms with Crippen molar-refractivity contribution in [3.63, 3.8) is 0 Å². The van der Waals surface area contributed by atoms with E-state index in [4.69, 9.17) is 0 Å². The van der Waals surface area contributed by atoms with Crippen molar-refractivity contribution in [3.8, 4) is 0 Å². The maximum atomic E-state index is 11.8. The second-order valence-electron chi connectivity index (χ2n) is 5.11. The number of aryl methyl sites for hydroxylation is 1. The first kappa shape index (κ1) is 17.8. The topological polar surface area (TPSA) is 88.2 Å². The quantitative estimate of drug-likeness (QED) is 0.787. The average molecular weight is 345 g/mol. The zero-order chi connectivity index (χ0) is 17.6. The molecule has 0 spiro atoms. The van der Waals surface area contributed by atoms with Gasteiger partial charge in [-0.2, -0.15) is 0 Å². The van der Waals surface area contributed by atoms with Crippen LogP contribution in [0.1, 0.15) is 18.1 Å². The van der Waals surface area contributed by atoms with Crippen molar-refractivity contribution in [1.82, 2.24) is 9.71 Å². The number of nitrogens with zero attached hydrogens (tertiary/aromatic N) is 1. The van der Waals surface area contributed by atoms with E-state index in [1.54, 1.807) is 37.4 Å². The van der Waals surface area contributed by atoms with Crippen LogP contribution in [0, 0.1) is 6.92 Å². The Morgan fingerprint density at radius 3 is 2.46 bits per heavy atom. The predicted octanol–water partition coefficient (Wildman–Crippen LogP) is 2.34. The molecule has 6 nitrogen and oxygen atoms in total. The van der Waals surface area contributed by atoms with Crippen LogP contribution in [0.25, 0.3) is 6.08 Å². The van der Waals surface area contributed by atoms with Gasteiger partial charge in [0, 0.05) is 18.8 Å². The lowest BCUT2D eigenvalue weighted by Gasteiger charge is -2.04. The minimum absolute atomic E-state index is 0.190. The summed E-state index contributed by atoms with van der Waals surface area (Å²) in [4.78, 5) is 16.1. The minimum Gasteiger partial charge on any atom is -0.307 e. The van der Waals surface area contributed by atoms with Crippen molar-refractivity contribution < 1.29 is 13.2 Å². The van der Waals surface area contributed by atoms with E-state index >= 15 is 0 Å². The molecule has 24 heavy (non-hydrogen) atoms. The van der Waals surface area contributed by atoms with Gasteiger partial charge in [0.05, 0.1) is 4.90 Å². The van der Waals surface area contributed by atoms with Crippen LogP contribution in [0.3, 0.4) is 0 Å². The Hall–Kier alpha value is -2.51. The van der Waals surface area contributed by atoms with E-state index in [0.29, 0.717) is 12.4 Å². The molecule has 0 unspecified atom stereocenters. The molecule has 0 aliphatic heterocycles. The summed E-state index contributed by atoms with van der Waals surface area (Å²) in [6, 6.07) is 9.85. The predicted molar refractivity (Wildman–Crippen MR) is 93.9 cm³/mol. The highest BCUT2D eigenvalue weighted by atomic mass is 32.2. The standard InChI is InChI=1S/C17H19N3O3S/c1-3-19-24(22,23)15-8-5-14(6-9-15)7-11-17(21)20-16-10-4-13(2)12-18-16/h4-12,19H,3H2,1-2H3,(H,18,20,21)/b11-7+. The molecule has 0 atom stereocenters. The maximum Gasteiger partial charge on any atom is 0.249 e. The summed E-state index contributed by atoms with van der Waals surface area (Å²) in [5.74, 6) is 0.165. The van der Waals surface area contributed by atoms with Gasteiger partial charge < -0.3 is 5.32 Å². The number of anilines is 1. The van der Waals surface area contributed by atoms with Crippen LogP contribution >= 0.6 is 0 Å². The van der Waals surface area contributed by atoms with E-state index in [0.717, 1.165) is 11.1 Å². The van der Waals surface area contributed by atoms with Gasteiger partial charge in [0.15, 0.2) is 0 Å². The molecule has 1 heterocycles. The molecular formula is C17H19N3O3S. The van der Waals surface area contributed by atoms with Gasteiger partial charge >= 0.3 is 0 Å². The summed E-state index contributed by atoms with van der Waals surface area (Å²) in [6.45, 7) is 3.96. The SMILES string of the molecule is CCNS(=O)(=O)c1ccc(/C=C/C(=O)Nc2ccc(C)cn2)cc1. The average Bonchev–Trinajstić information content (AvgIpc) is 2.55. The second-order valence-corrected chi connectivity index (χ2v) is 6.88. The molecule has 0 bridgehead atoms. The highest BCUT2D eigenvalue weighted by Crippen LogP contribution is 2.11. The second kappa shape index (κ2) is 7.85. The fourth-order valence-corrected chi connectivity index (χ4v) is 2.95. The monoisotopic (exact) mass is 345 g/mol. The molecule has 7 heteroatoms. The summed E-state index contributed by atoms with van der Waals surface area (Å²) >= 11 is 0. The molecule has 1 amide bonds. The van der Waals surface area contributed by atoms with Gasteiger partial charge in [-0.05, 0) is 42.3 Å². The minimum atomic E-state index is -3.46. The molecule has 1 aromatic carbocycles. The van der Waals surface area contributed by atoms with Crippen molar-refractivity contribution in [2.24, 2.45) is 0 Å². The number of carbonyl (C=O) groups excluding carboxylic acids is 1. The number of hydrogen-bond donors (Lipinski definition) is 2. The third-order valence-electron chi connectivity index (χ3n) is 3.11. The van der Waals surface area contributed by atoms with Gasteiger partial charge in [-0.25, -0.2) is 18.1 Å². The Morgan fingerprint density at radius 2 is 1.88 bits per heavy atom. The summed E-state index contributed by atoms with van der Waals surface area (Å²) in [5.41, 5.74) is 1.73. The van der Waals surface area contributed by atoms with E-state index in [9.17, 15) is 13.2 Å². The zero-order valence-electron chi connectivity index (χ0n) is 13.5. The summed E-state index contributed by atoms with van der Waals surface area (Å²) in [5, 5.41) is 2.65. The van der Waals surface area contributed by atoms with E-state index in [1.807, 2.05) is 13.0 Å². The largest absolute Gasteiger partial charge is 0.307 e. The lowest BCUT2D eigenvalue weighted by atomic mass is 10.2. The molecule has 0 fully saturated rings. The fourth-order valence-electron chi connectivity index (χ4n) is 1.91. The number of rotatable bonds is 6. The third kappa shape index (κ3) is 5.00. The molecule has 0 radical (unpaired) electrons. The lowest BCUT2D eigenvalue weighted by Crippen LogP contribution is -2.22. The molecule has 1 aromatic heterocycles. The lowest BCUT2D eigenvalue weighted by molar-refractivity contribution is -0.111. The Labute approximate surface area is 141 Å². The van der Waals surface area contributed by atoms with Crippen molar-refractivity contribution in [2.45, 2.75) is 18.7 Å². The molecule has 0 saturated heterocycles. The highest BCUT2D eigenvalue weighted by Gasteiger charge is 2.11. The first-order valence-electron chi connectivity index (χ1n) is 7.42. The van der Waals surface area contributed by atoms with Crippen LogP contribution in [0.2, 0.25) is 0 Å². The number of carbonyl (C=O) groups is 1. The first-order valence-corrected chi connectivity index (χ1v) is 8.90. The molecule has 126 valence electrons. The van der Waals surface area contributed by atoms with Crippen molar-refractivity contribution in [3.05, 3.63) is 59.8 Å². The van der Waals surface area contributed by atoms with Gasteiger partial charge in [0.2, 0.25) is 15.9 Å². The molecular weight excluding hydrogens is 326 g/mol. The Morgan fingerprint density at radius 1 is 1.17 bits per heavy atom. The van der Waals surface area contributed by atoms with Crippen LogP contribution in [0.5, 0.6) is 0 Å². The van der Waals surface area contributed by atoms with Crippen LogP contribution < -0.4 is 10.0 Å². The number of hydrogen-bond acceptors (Lipinski definition) is 4. The number of aromatic nitrogens is 1. The molecule has 0 aliphatic carbocycles. The van der Waals surface area contributed by atoms with Gasteiger partial charge in [0.1, 0.15) is 5.82 Å². The molecule has 2 aromatic rings. The van der Waals surface area contributed by atoms with E-state index in [2.05, 4.69) is 15.0 Å². The van der Waals surface area contributed by atoms with Gasteiger partial charge in [-0.15, -0.1) is 0 Å². The maximum absolute atomic E-state index is 11.8. The van der Waals surface area contributed by atoms with E-state index < -0.39 is 10.0 Å². The molecule has 2 rings (SSSR count). The van der Waals surface area contributed by atoms with E-state index in [1.165, 1.54) is 18.2 Å². The van der Waals surface area contributed by atoms with Gasteiger partial charge in [-0.3, -0.25) is 4.79 Å². The third-order valence-corrected chi connectivity index (χ3v) is 4.68. The summed E-state index contributed by atoms with van der Waals surface area (Å²) in [6.07, 6.45) is 4.64. The van der Waals surface area contributed by atoms with Gasteiger partial charge in [-0.1, -0.05) is 25.1 Å². The smallest absolute Gasteiger partial charge is 0.249 e. The number of sulfonamides is 1. The van der Waals surface area contributed by atoms with Crippen LogP contribution in [0.15, 0.2) is 53.6 Å². The van der Waals surface area contributed by atoms with Crippen LogP contribution in [0.4, 0.5) is 5.82 Å². The number of benzene rings is 1. The Kier molecular flexibility index (Phi) is 5.83. The van der Waals surface area contributed by atoms with Crippen molar-refractivity contribution >= 4 is 27.8 Å². The molecule has 0 aliphatic rings. The van der Waals surface area contributed by atoms with Crippen molar-refractivity contribution in [1.29, 1.82) is 0 Å². The summed E-state index contributed by atoms with van der Waals surface area (Å²) < 4.78 is 26.1. The highest BCUT2D eigenvalue weighted by molar-refractivity contribution is 7.89. The Balaban J connectivity index is 2.01. The number of nitrogens with one attached hydrogen (secondary N) is 2. The molecule has 2 N–H and O–H groups in total. The van der Waals surface area contributed by atoms with Crippen LogP contribution in [-0.2, 0) is 14.8 Å². The Bertz CT molecular complexity index is 826. The van der Waals surface area contributed by atoms with Crippen LogP contribution in [-0.4, -0.2) is 25.9 Å². The number of amides is 1. The summed E-state index contributed by atoms with van der Waals surface area (Å²) in [7, 11) is -3.46. The fraction of sp³-hybridized carbons (Fsp3) is 0.176. The zero-order valence-corrected chi connectivity index (χ0v) is 14.3.